The molecule has 132 valence electrons. The van der Waals surface area contributed by atoms with Crippen LogP contribution in [0.25, 0.3) is 10.9 Å². The molecular weight excluding hydrogens is 328 g/mol. The van der Waals surface area contributed by atoms with Gasteiger partial charge in [-0.2, -0.15) is 0 Å². The van der Waals surface area contributed by atoms with Crippen LogP contribution < -0.4 is 16.4 Å². The van der Waals surface area contributed by atoms with E-state index in [0.29, 0.717) is 25.1 Å². The molecule has 0 saturated carbocycles. The van der Waals surface area contributed by atoms with E-state index in [1.807, 2.05) is 36.4 Å². The number of fused-ring (bicyclic) bond motifs is 1. The number of hydrogen-bond donors (Lipinski definition) is 3. The molecule has 0 aliphatic carbocycles. The molecule has 0 spiro atoms. The van der Waals surface area contributed by atoms with Crippen molar-refractivity contribution >= 4 is 22.8 Å². The fourth-order valence-electron chi connectivity index (χ4n) is 2.75. The summed E-state index contributed by atoms with van der Waals surface area (Å²) in [5.74, 6) is -0.457. The van der Waals surface area contributed by atoms with Gasteiger partial charge >= 0.3 is 6.03 Å². The number of nitrogens with zero attached hydrogens (tertiary/aromatic N) is 1. The quantitative estimate of drug-likeness (QED) is 0.638. The Balaban J connectivity index is 1.50. The minimum atomic E-state index is -0.457. The summed E-state index contributed by atoms with van der Waals surface area (Å²) in [5, 5.41) is 6.70. The molecule has 1 aromatic heterocycles. The SMILES string of the molecule is NC(=O)c1cccc(CCNC(=O)NCc2cccc3cccnc23)c1. The Labute approximate surface area is 151 Å². The minimum absolute atomic E-state index is 0.246. The van der Waals surface area contributed by atoms with Crippen LogP contribution in [0.4, 0.5) is 4.79 Å². The average molecular weight is 348 g/mol. The number of carbonyl (C=O) groups is 2. The van der Waals surface area contributed by atoms with Gasteiger partial charge in [0.05, 0.1) is 5.52 Å². The molecule has 3 rings (SSSR count). The number of primary amides is 1. The first-order valence-corrected chi connectivity index (χ1v) is 8.36. The summed E-state index contributed by atoms with van der Waals surface area (Å²) in [5.41, 5.74) is 8.54. The number of nitrogens with one attached hydrogen (secondary N) is 2. The Morgan fingerprint density at radius 2 is 1.81 bits per heavy atom. The number of aromatic nitrogens is 1. The molecule has 3 amide bonds. The highest BCUT2D eigenvalue weighted by molar-refractivity contribution is 5.92. The number of urea groups is 1. The average Bonchev–Trinajstić information content (AvgIpc) is 2.66. The first-order chi connectivity index (χ1) is 12.6. The second-order valence-corrected chi connectivity index (χ2v) is 5.92. The number of nitrogens with two attached hydrogens (primary N) is 1. The molecule has 1 heterocycles. The molecule has 0 fully saturated rings. The van der Waals surface area contributed by atoms with E-state index in [0.717, 1.165) is 22.0 Å². The van der Waals surface area contributed by atoms with E-state index in [9.17, 15) is 9.59 Å². The highest BCUT2D eigenvalue weighted by atomic mass is 16.2. The molecule has 0 atom stereocenters. The minimum Gasteiger partial charge on any atom is -0.366 e. The molecular formula is C20H20N4O2. The summed E-state index contributed by atoms with van der Waals surface area (Å²) in [6.07, 6.45) is 2.36. The van der Waals surface area contributed by atoms with Crippen LogP contribution in [-0.2, 0) is 13.0 Å². The number of hydrogen-bond acceptors (Lipinski definition) is 3. The maximum atomic E-state index is 12.0. The van der Waals surface area contributed by atoms with E-state index in [1.165, 1.54) is 0 Å². The van der Waals surface area contributed by atoms with E-state index in [2.05, 4.69) is 15.6 Å². The summed E-state index contributed by atoms with van der Waals surface area (Å²) in [7, 11) is 0. The zero-order chi connectivity index (χ0) is 18.4. The van der Waals surface area contributed by atoms with Gasteiger partial charge in [0.1, 0.15) is 0 Å². The fraction of sp³-hybridized carbons (Fsp3) is 0.150. The molecule has 0 aliphatic heterocycles. The normalized spacial score (nSPS) is 10.5. The molecule has 0 bridgehead atoms. The second-order valence-electron chi connectivity index (χ2n) is 5.92. The van der Waals surface area contributed by atoms with Crippen molar-refractivity contribution in [2.24, 2.45) is 5.73 Å². The van der Waals surface area contributed by atoms with E-state index >= 15 is 0 Å². The molecule has 6 nitrogen and oxygen atoms in total. The van der Waals surface area contributed by atoms with Gasteiger partial charge in [0, 0.05) is 30.2 Å². The molecule has 26 heavy (non-hydrogen) atoms. The summed E-state index contributed by atoms with van der Waals surface area (Å²) in [6, 6.07) is 16.6. The number of rotatable bonds is 6. The summed E-state index contributed by atoms with van der Waals surface area (Å²) < 4.78 is 0. The standard InChI is InChI=1S/C20H20N4O2/c21-19(25)16-6-1-4-14(12-16)9-11-23-20(26)24-13-17-7-2-5-15-8-3-10-22-18(15)17/h1-8,10,12H,9,11,13H2,(H2,21,25)(H2,23,24,26). The van der Waals surface area contributed by atoms with E-state index in [-0.39, 0.29) is 6.03 Å². The topological polar surface area (TPSA) is 97.1 Å². The van der Waals surface area contributed by atoms with Crippen molar-refractivity contribution in [1.29, 1.82) is 0 Å². The van der Waals surface area contributed by atoms with Gasteiger partial charge in [0.25, 0.3) is 0 Å². The van der Waals surface area contributed by atoms with Gasteiger partial charge < -0.3 is 16.4 Å². The summed E-state index contributed by atoms with van der Waals surface area (Å²) >= 11 is 0. The van der Waals surface area contributed by atoms with Crippen LogP contribution in [0.2, 0.25) is 0 Å². The predicted octanol–water partition coefficient (Wildman–Crippen LogP) is 2.38. The van der Waals surface area contributed by atoms with Crippen molar-refractivity contribution < 1.29 is 9.59 Å². The van der Waals surface area contributed by atoms with Crippen LogP contribution in [-0.4, -0.2) is 23.5 Å². The molecule has 0 saturated heterocycles. The van der Waals surface area contributed by atoms with E-state index in [4.69, 9.17) is 5.73 Å². The molecule has 4 N–H and O–H groups in total. The fourth-order valence-corrected chi connectivity index (χ4v) is 2.75. The van der Waals surface area contributed by atoms with Crippen molar-refractivity contribution in [2.75, 3.05) is 6.54 Å². The second kappa shape index (κ2) is 8.11. The summed E-state index contributed by atoms with van der Waals surface area (Å²) in [4.78, 5) is 27.6. The predicted molar refractivity (Wildman–Crippen MR) is 101 cm³/mol. The lowest BCUT2D eigenvalue weighted by molar-refractivity contribution is 0.1000. The van der Waals surface area contributed by atoms with Crippen molar-refractivity contribution in [3.63, 3.8) is 0 Å². The van der Waals surface area contributed by atoms with Crippen LogP contribution >= 0.6 is 0 Å². The first-order valence-electron chi connectivity index (χ1n) is 8.36. The first kappa shape index (κ1) is 17.4. The van der Waals surface area contributed by atoms with Gasteiger partial charge in [-0.3, -0.25) is 9.78 Å². The Bertz CT molecular complexity index is 935. The maximum absolute atomic E-state index is 12.0. The highest BCUT2D eigenvalue weighted by Gasteiger charge is 2.05. The van der Waals surface area contributed by atoms with Crippen LogP contribution in [0.5, 0.6) is 0 Å². The van der Waals surface area contributed by atoms with Gasteiger partial charge in [-0.15, -0.1) is 0 Å². The molecule has 3 aromatic rings. The molecule has 0 aliphatic rings. The van der Waals surface area contributed by atoms with Gasteiger partial charge in [0.15, 0.2) is 0 Å². The zero-order valence-corrected chi connectivity index (χ0v) is 14.2. The third kappa shape index (κ3) is 4.36. The van der Waals surface area contributed by atoms with Crippen molar-refractivity contribution in [3.05, 3.63) is 77.5 Å². The Morgan fingerprint density at radius 1 is 1.00 bits per heavy atom. The van der Waals surface area contributed by atoms with E-state index in [1.54, 1.807) is 24.4 Å². The third-order valence-corrected chi connectivity index (χ3v) is 4.07. The Hall–Kier alpha value is -3.41. The van der Waals surface area contributed by atoms with Crippen LogP contribution in [0.1, 0.15) is 21.5 Å². The number of carbonyl (C=O) groups excluding carboxylic acids is 2. The lowest BCUT2D eigenvalue weighted by Crippen LogP contribution is -2.36. The lowest BCUT2D eigenvalue weighted by atomic mass is 10.1. The largest absolute Gasteiger partial charge is 0.366 e. The molecule has 2 aromatic carbocycles. The van der Waals surface area contributed by atoms with E-state index < -0.39 is 5.91 Å². The zero-order valence-electron chi connectivity index (χ0n) is 14.2. The van der Waals surface area contributed by atoms with Crippen LogP contribution in [0, 0.1) is 0 Å². The number of para-hydroxylation sites is 1. The number of pyridine rings is 1. The Morgan fingerprint density at radius 3 is 2.65 bits per heavy atom. The molecule has 0 radical (unpaired) electrons. The lowest BCUT2D eigenvalue weighted by Gasteiger charge is -2.09. The van der Waals surface area contributed by atoms with Gasteiger partial charge in [0.2, 0.25) is 5.91 Å². The van der Waals surface area contributed by atoms with Gasteiger partial charge in [-0.25, -0.2) is 4.79 Å². The van der Waals surface area contributed by atoms with Crippen molar-refractivity contribution in [2.45, 2.75) is 13.0 Å². The maximum Gasteiger partial charge on any atom is 0.315 e. The highest BCUT2D eigenvalue weighted by Crippen LogP contribution is 2.15. The number of benzene rings is 2. The monoisotopic (exact) mass is 348 g/mol. The van der Waals surface area contributed by atoms with Gasteiger partial charge in [-0.05, 0) is 35.7 Å². The Kier molecular flexibility index (Phi) is 5.43. The van der Waals surface area contributed by atoms with Crippen LogP contribution in [0.3, 0.4) is 0 Å². The summed E-state index contributed by atoms with van der Waals surface area (Å²) in [6.45, 7) is 0.860. The number of amides is 3. The van der Waals surface area contributed by atoms with Crippen LogP contribution in [0.15, 0.2) is 60.8 Å². The molecule has 6 heteroatoms. The smallest absolute Gasteiger partial charge is 0.315 e. The van der Waals surface area contributed by atoms with Crippen molar-refractivity contribution in [1.82, 2.24) is 15.6 Å². The third-order valence-electron chi connectivity index (χ3n) is 4.07. The molecule has 0 unspecified atom stereocenters. The van der Waals surface area contributed by atoms with Crippen molar-refractivity contribution in [3.8, 4) is 0 Å². The van der Waals surface area contributed by atoms with Gasteiger partial charge in [-0.1, -0.05) is 36.4 Å².